The Morgan fingerprint density at radius 1 is 1.03 bits per heavy atom. The number of nitrogens with one attached hydrogen (secondary N) is 2. The molecule has 1 saturated heterocycles. The van der Waals surface area contributed by atoms with Gasteiger partial charge in [0.2, 0.25) is 5.95 Å². The second-order valence-electron chi connectivity index (χ2n) is 10.3. The minimum Gasteiger partial charge on any atom is -0.368 e. The molecule has 2 N–H and O–H groups in total. The summed E-state index contributed by atoms with van der Waals surface area (Å²) in [5.41, 5.74) is 1.62. The Morgan fingerprint density at radius 2 is 1.83 bits per heavy atom. The number of aliphatic imine (C=N–C) groups is 1. The van der Waals surface area contributed by atoms with Gasteiger partial charge < -0.3 is 15.5 Å². The summed E-state index contributed by atoms with van der Waals surface area (Å²) in [5.74, 6) is 2.18. The highest BCUT2D eigenvalue weighted by atomic mass is 16.2. The Bertz CT molecular complexity index is 1130. The van der Waals surface area contributed by atoms with Gasteiger partial charge in [0.05, 0.1) is 30.2 Å². The van der Waals surface area contributed by atoms with Gasteiger partial charge in [-0.1, -0.05) is 19.3 Å². The molecule has 6 rings (SSSR count). The predicted molar refractivity (Wildman–Crippen MR) is 138 cm³/mol. The second kappa shape index (κ2) is 8.75. The van der Waals surface area contributed by atoms with Crippen molar-refractivity contribution < 1.29 is 4.79 Å². The summed E-state index contributed by atoms with van der Waals surface area (Å²) >= 11 is 0. The molecule has 1 aliphatic carbocycles. The fourth-order valence-corrected chi connectivity index (χ4v) is 5.81. The number of carbonyl (C=O) groups excluding carboxylic acids is 1. The van der Waals surface area contributed by atoms with Crippen LogP contribution in [0.15, 0.2) is 29.5 Å². The monoisotopic (exact) mass is 475 g/mol. The number of hydrogen-bond acceptors (Lipinski definition) is 9. The molecule has 3 aliphatic heterocycles. The number of amides is 1. The van der Waals surface area contributed by atoms with Crippen LogP contribution >= 0.6 is 0 Å². The molecule has 1 saturated carbocycles. The van der Waals surface area contributed by atoms with Crippen molar-refractivity contribution in [3.8, 4) is 0 Å². The predicted octanol–water partition coefficient (Wildman–Crippen LogP) is 3.02. The Labute approximate surface area is 205 Å². The molecular weight excluding hydrogens is 442 g/mol. The Balaban J connectivity index is 1.20. The summed E-state index contributed by atoms with van der Waals surface area (Å²) < 4.78 is 0. The fraction of sp³-hybridized carbons (Fsp3) is 0.560. The van der Waals surface area contributed by atoms with E-state index in [2.05, 4.69) is 60.2 Å². The van der Waals surface area contributed by atoms with Crippen LogP contribution in [0, 0.1) is 0 Å². The largest absolute Gasteiger partial charge is 0.368 e. The summed E-state index contributed by atoms with van der Waals surface area (Å²) in [7, 11) is 0. The van der Waals surface area contributed by atoms with E-state index in [1.807, 2.05) is 12.3 Å². The molecule has 0 unspecified atom stereocenters. The molecule has 35 heavy (non-hydrogen) atoms. The van der Waals surface area contributed by atoms with Gasteiger partial charge >= 0.3 is 0 Å². The van der Waals surface area contributed by atoms with E-state index in [9.17, 15) is 4.79 Å². The molecule has 2 aromatic heterocycles. The maximum absolute atomic E-state index is 12.7. The van der Waals surface area contributed by atoms with Gasteiger partial charge in [0.1, 0.15) is 11.5 Å². The van der Waals surface area contributed by atoms with Gasteiger partial charge in [-0.3, -0.25) is 19.6 Å². The maximum atomic E-state index is 12.7. The summed E-state index contributed by atoms with van der Waals surface area (Å²) in [6.07, 6.45) is 9.16. The normalized spacial score (nSPS) is 21.6. The van der Waals surface area contributed by atoms with E-state index in [4.69, 9.17) is 4.98 Å². The van der Waals surface area contributed by atoms with E-state index in [1.54, 1.807) is 6.20 Å². The van der Waals surface area contributed by atoms with Crippen molar-refractivity contribution in [3.63, 3.8) is 0 Å². The lowest BCUT2D eigenvalue weighted by atomic mass is 9.80. The van der Waals surface area contributed by atoms with Crippen molar-refractivity contribution >= 4 is 40.7 Å². The quantitative estimate of drug-likeness (QED) is 0.696. The molecule has 5 heterocycles. The van der Waals surface area contributed by atoms with Gasteiger partial charge in [-0.05, 0) is 38.8 Å². The lowest BCUT2D eigenvalue weighted by Gasteiger charge is -2.43. The number of pyridine rings is 1. The highest BCUT2D eigenvalue weighted by Crippen LogP contribution is 2.44. The third kappa shape index (κ3) is 3.99. The van der Waals surface area contributed by atoms with Gasteiger partial charge in [0.25, 0.3) is 5.91 Å². The van der Waals surface area contributed by atoms with Crippen LogP contribution in [0.5, 0.6) is 0 Å². The van der Waals surface area contributed by atoms with Crippen LogP contribution in [-0.4, -0.2) is 75.9 Å². The zero-order chi connectivity index (χ0) is 24.0. The smallest absolute Gasteiger partial charge is 0.291 e. The molecule has 0 bridgehead atoms. The summed E-state index contributed by atoms with van der Waals surface area (Å²) in [4.78, 5) is 38.2. The Hall–Kier alpha value is -3.27. The number of rotatable bonds is 4. The molecule has 0 radical (unpaired) electrons. The maximum Gasteiger partial charge on any atom is 0.291 e. The average molecular weight is 476 g/mol. The number of amidine groups is 1. The molecule has 2 fully saturated rings. The molecule has 184 valence electrons. The SMILES string of the molecule is CC(C)N1CCN(c2ccc(Nc3ncc4c(n3)N3C(=NCC35CCCCC5)C(=O)N4)nc2)CC1. The zero-order valence-corrected chi connectivity index (χ0v) is 20.5. The molecule has 1 spiro atoms. The second-order valence-corrected chi connectivity index (χ2v) is 10.3. The molecule has 0 atom stereocenters. The topological polar surface area (TPSA) is 102 Å². The van der Waals surface area contributed by atoms with Crippen LogP contribution in [0.1, 0.15) is 46.0 Å². The standard InChI is InChI=1S/C25H33N9O/c1-17(2)32-10-12-33(13-11-32)18-6-7-20(26-14-18)30-24-27-15-19-21(31-24)34-22(23(35)29-19)28-16-25(34)8-4-3-5-9-25/h6-7,14-15,17H,3-5,8-13,16H2,1-2H3,(H,29,35)(H,26,27,30,31). The van der Waals surface area contributed by atoms with Crippen molar-refractivity contribution in [2.24, 2.45) is 4.99 Å². The van der Waals surface area contributed by atoms with Crippen LogP contribution < -0.4 is 20.4 Å². The van der Waals surface area contributed by atoms with Crippen LogP contribution in [0.4, 0.5) is 29.0 Å². The van der Waals surface area contributed by atoms with Crippen molar-refractivity contribution in [2.45, 2.75) is 57.5 Å². The first-order valence-electron chi connectivity index (χ1n) is 12.8. The van der Waals surface area contributed by atoms with E-state index in [0.29, 0.717) is 35.9 Å². The number of anilines is 5. The van der Waals surface area contributed by atoms with Crippen LogP contribution in [-0.2, 0) is 4.79 Å². The average Bonchev–Trinajstić information content (AvgIpc) is 3.24. The van der Waals surface area contributed by atoms with Crippen LogP contribution in [0.25, 0.3) is 0 Å². The van der Waals surface area contributed by atoms with Gasteiger partial charge in [0, 0.05) is 32.2 Å². The third-order valence-corrected chi connectivity index (χ3v) is 7.82. The number of fused-ring (bicyclic) bond motifs is 4. The fourth-order valence-electron chi connectivity index (χ4n) is 5.81. The summed E-state index contributed by atoms with van der Waals surface area (Å²) in [6.45, 7) is 9.31. The molecule has 1 amide bonds. The van der Waals surface area contributed by atoms with Gasteiger partial charge in [-0.15, -0.1) is 0 Å². The van der Waals surface area contributed by atoms with Crippen LogP contribution in [0.2, 0.25) is 0 Å². The highest BCUT2D eigenvalue weighted by Gasteiger charge is 2.49. The van der Waals surface area contributed by atoms with Crippen LogP contribution in [0.3, 0.4) is 0 Å². The minimum absolute atomic E-state index is 0.148. The summed E-state index contributed by atoms with van der Waals surface area (Å²) in [6, 6.07) is 4.66. The first-order chi connectivity index (χ1) is 17.0. The number of nitrogens with zero attached hydrogens (tertiary/aromatic N) is 7. The van der Waals surface area contributed by atoms with Gasteiger partial charge in [-0.25, -0.2) is 9.97 Å². The van der Waals surface area contributed by atoms with E-state index in [1.165, 1.54) is 6.42 Å². The van der Waals surface area contributed by atoms with Gasteiger partial charge in [0.15, 0.2) is 11.7 Å². The van der Waals surface area contributed by atoms with Crippen molar-refractivity contribution in [1.29, 1.82) is 0 Å². The molecular formula is C25H33N9O. The Kier molecular flexibility index (Phi) is 5.55. The minimum atomic E-state index is -0.171. The van der Waals surface area contributed by atoms with Crippen molar-refractivity contribution in [1.82, 2.24) is 19.9 Å². The van der Waals surface area contributed by atoms with E-state index in [-0.39, 0.29) is 11.4 Å². The first kappa shape index (κ1) is 22.2. The zero-order valence-electron chi connectivity index (χ0n) is 20.5. The number of aromatic nitrogens is 3. The third-order valence-electron chi connectivity index (χ3n) is 7.82. The van der Waals surface area contributed by atoms with E-state index in [0.717, 1.165) is 63.4 Å². The summed E-state index contributed by atoms with van der Waals surface area (Å²) in [5, 5.41) is 6.16. The lowest BCUT2D eigenvalue weighted by Crippen LogP contribution is -2.56. The molecule has 2 aromatic rings. The molecule has 4 aliphatic rings. The molecule has 0 aromatic carbocycles. The molecule has 10 nitrogen and oxygen atoms in total. The first-order valence-corrected chi connectivity index (χ1v) is 12.8. The lowest BCUT2D eigenvalue weighted by molar-refractivity contribution is -0.110. The number of piperazine rings is 1. The van der Waals surface area contributed by atoms with Crippen molar-refractivity contribution in [2.75, 3.05) is 53.2 Å². The molecule has 10 heteroatoms. The van der Waals surface area contributed by atoms with Crippen molar-refractivity contribution in [3.05, 3.63) is 24.5 Å². The van der Waals surface area contributed by atoms with E-state index < -0.39 is 0 Å². The number of carbonyl (C=O) groups is 1. The van der Waals surface area contributed by atoms with Gasteiger partial charge in [-0.2, -0.15) is 4.98 Å². The van der Waals surface area contributed by atoms with E-state index >= 15 is 0 Å². The number of hydrogen-bond donors (Lipinski definition) is 2. The highest BCUT2D eigenvalue weighted by molar-refractivity contribution is 6.49. The Morgan fingerprint density at radius 3 is 2.54 bits per heavy atom.